The second kappa shape index (κ2) is 5.61. The molecule has 1 aromatic rings. The summed E-state index contributed by atoms with van der Waals surface area (Å²) in [7, 11) is -1.59. The van der Waals surface area contributed by atoms with Crippen LogP contribution in [-0.4, -0.2) is 32.9 Å². The van der Waals surface area contributed by atoms with Crippen LogP contribution in [0.1, 0.15) is 12.0 Å². The Labute approximate surface area is 123 Å². The molecule has 0 saturated carbocycles. The molecule has 0 unspecified atom stereocenters. The molecule has 0 bridgehead atoms. The lowest BCUT2D eigenvalue weighted by molar-refractivity contribution is -0.119. The molecule has 1 heterocycles. The van der Waals surface area contributed by atoms with Crippen LogP contribution >= 0.6 is 11.6 Å². The molecule has 0 aromatic heterocycles. The Hall–Kier alpha value is -1.27. The Morgan fingerprint density at radius 3 is 2.70 bits per heavy atom. The third-order valence-corrected chi connectivity index (χ3v) is 5.52. The summed E-state index contributed by atoms with van der Waals surface area (Å²) in [6.45, 7) is 1.82. The van der Waals surface area contributed by atoms with E-state index >= 15 is 0 Å². The molecule has 1 amide bonds. The summed E-state index contributed by atoms with van der Waals surface area (Å²) in [4.78, 5) is 12.1. The van der Waals surface area contributed by atoms with Gasteiger partial charge in [0.25, 0.3) is 0 Å². The van der Waals surface area contributed by atoms with Gasteiger partial charge in [0, 0.05) is 11.1 Å². The van der Waals surface area contributed by atoms with E-state index in [2.05, 4.69) is 5.32 Å². The van der Waals surface area contributed by atoms with Crippen LogP contribution in [0.2, 0.25) is 5.02 Å². The topological polar surface area (TPSA) is 72.5 Å². The van der Waals surface area contributed by atoms with Gasteiger partial charge in [0.1, 0.15) is 5.75 Å². The maximum atomic E-state index is 12.1. The van der Waals surface area contributed by atoms with E-state index in [0.717, 1.165) is 5.56 Å². The Kier molecular flexibility index (Phi) is 4.25. The van der Waals surface area contributed by atoms with Crippen molar-refractivity contribution in [2.75, 3.05) is 23.9 Å². The lowest BCUT2D eigenvalue weighted by Crippen LogP contribution is -2.24. The molecule has 0 aliphatic carbocycles. The summed E-state index contributed by atoms with van der Waals surface area (Å²) in [6.07, 6.45) is 0.364. The number of aryl methyl sites for hydroxylation is 1. The van der Waals surface area contributed by atoms with Gasteiger partial charge in [0.05, 0.1) is 30.2 Å². The van der Waals surface area contributed by atoms with Crippen LogP contribution in [0, 0.1) is 12.8 Å². The van der Waals surface area contributed by atoms with Crippen LogP contribution in [0.5, 0.6) is 5.75 Å². The molecule has 1 saturated heterocycles. The lowest BCUT2D eigenvalue weighted by Gasteiger charge is -2.14. The number of hydrogen-bond acceptors (Lipinski definition) is 4. The number of nitrogens with one attached hydrogen (secondary N) is 1. The molecule has 1 atom stereocenters. The maximum absolute atomic E-state index is 12.1. The number of methoxy groups -OCH3 is 1. The molecule has 1 aromatic carbocycles. The number of carbonyl (C=O) groups excluding carboxylic acids is 1. The number of rotatable bonds is 3. The first-order valence-corrected chi connectivity index (χ1v) is 8.38. The first kappa shape index (κ1) is 15.1. The van der Waals surface area contributed by atoms with Gasteiger partial charge < -0.3 is 10.1 Å². The minimum absolute atomic E-state index is 0.0713. The van der Waals surface area contributed by atoms with E-state index in [9.17, 15) is 13.2 Å². The van der Waals surface area contributed by atoms with E-state index in [1.165, 1.54) is 7.11 Å². The van der Waals surface area contributed by atoms with Crippen molar-refractivity contribution in [2.45, 2.75) is 13.3 Å². The lowest BCUT2D eigenvalue weighted by atomic mass is 10.1. The Balaban J connectivity index is 2.18. The van der Waals surface area contributed by atoms with E-state index < -0.39 is 15.8 Å². The fourth-order valence-corrected chi connectivity index (χ4v) is 4.06. The highest BCUT2D eigenvalue weighted by atomic mass is 35.5. The Morgan fingerprint density at radius 2 is 2.15 bits per heavy atom. The first-order chi connectivity index (χ1) is 9.32. The normalized spacial score (nSPS) is 20.6. The monoisotopic (exact) mass is 317 g/mol. The minimum atomic E-state index is -3.08. The van der Waals surface area contributed by atoms with E-state index in [1.54, 1.807) is 12.1 Å². The van der Waals surface area contributed by atoms with Gasteiger partial charge in [-0.3, -0.25) is 4.79 Å². The van der Waals surface area contributed by atoms with E-state index in [4.69, 9.17) is 16.3 Å². The summed E-state index contributed by atoms with van der Waals surface area (Å²) in [5.74, 6) is -0.364. The fraction of sp³-hybridized carbons (Fsp3) is 0.462. The minimum Gasteiger partial charge on any atom is -0.495 e. The van der Waals surface area contributed by atoms with Gasteiger partial charge >= 0.3 is 0 Å². The molecular weight excluding hydrogens is 302 g/mol. The van der Waals surface area contributed by atoms with Crippen LogP contribution < -0.4 is 10.1 Å². The second-order valence-corrected chi connectivity index (χ2v) is 7.53. The van der Waals surface area contributed by atoms with Crippen LogP contribution in [0.25, 0.3) is 0 Å². The van der Waals surface area contributed by atoms with Gasteiger partial charge in [0.2, 0.25) is 5.91 Å². The second-order valence-electron chi connectivity index (χ2n) is 4.89. The number of halogens is 1. The van der Waals surface area contributed by atoms with Gasteiger partial charge in [-0.1, -0.05) is 11.6 Å². The molecule has 2 rings (SSSR count). The molecule has 110 valence electrons. The highest BCUT2D eigenvalue weighted by molar-refractivity contribution is 7.91. The van der Waals surface area contributed by atoms with Gasteiger partial charge in [-0.05, 0) is 25.0 Å². The van der Waals surface area contributed by atoms with Crippen LogP contribution in [0.15, 0.2) is 12.1 Å². The third-order valence-electron chi connectivity index (χ3n) is 3.34. The number of benzene rings is 1. The number of amides is 1. The van der Waals surface area contributed by atoms with Crippen molar-refractivity contribution in [1.29, 1.82) is 0 Å². The predicted octanol–water partition coefficient (Wildman–Crippen LogP) is 2.03. The van der Waals surface area contributed by atoms with Gasteiger partial charge in [-0.25, -0.2) is 8.42 Å². The molecule has 20 heavy (non-hydrogen) atoms. The zero-order chi connectivity index (χ0) is 14.9. The smallest absolute Gasteiger partial charge is 0.228 e. The van der Waals surface area contributed by atoms with Crippen molar-refractivity contribution >= 4 is 33.0 Å². The average molecular weight is 318 g/mol. The molecule has 0 radical (unpaired) electrons. The number of hydrogen-bond donors (Lipinski definition) is 1. The fourth-order valence-electron chi connectivity index (χ4n) is 2.17. The number of ether oxygens (including phenoxy) is 1. The summed E-state index contributed by atoms with van der Waals surface area (Å²) in [5.41, 5.74) is 1.31. The highest BCUT2D eigenvalue weighted by Crippen LogP contribution is 2.32. The third kappa shape index (κ3) is 3.24. The molecule has 1 N–H and O–H groups in total. The van der Waals surface area contributed by atoms with Crippen molar-refractivity contribution in [2.24, 2.45) is 5.92 Å². The Bertz CT molecular complexity index is 642. The average Bonchev–Trinajstić information content (AvgIpc) is 2.74. The molecule has 5 nitrogen and oxygen atoms in total. The maximum Gasteiger partial charge on any atom is 0.228 e. The van der Waals surface area contributed by atoms with Crippen molar-refractivity contribution < 1.29 is 17.9 Å². The summed E-state index contributed by atoms with van der Waals surface area (Å²) < 4.78 is 28.0. The molecule has 7 heteroatoms. The van der Waals surface area contributed by atoms with Gasteiger partial charge in [-0.2, -0.15) is 0 Å². The summed E-state index contributed by atoms with van der Waals surface area (Å²) >= 11 is 5.99. The van der Waals surface area contributed by atoms with Crippen LogP contribution in [0.3, 0.4) is 0 Å². The van der Waals surface area contributed by atoms with Crippen molar-refractivity contribution in [3.63, 3.8) is 0 Å². The molecule has 1 aliphatic heterocycles. The van der Waals surface area contributed by atoms with Crippen LogP contribution in [0.4, 0.5) is 5.69 Å². The standard InChI is InChI=1S/C13H16ClNO4S/c1-8-5-11(12(19-2)6-10(8)14)15-13(16)9-3-4-20(17,18)7-9/h5-6,9H,3-4,7H2,1-2H3,(H,15,16)/t9-/m1/s1. The number of carbonyl (C=O) groups is 1. The van der Waals surface area contributed by atoms with Gasteiger partial charge in [-0.15, -0.1) is 0 Å². The highest BCUT2D eigenvalue weighted by Gasteiger charge is 2.33. The van der Waals surface area contributed by atoms with Crippen molar-refractivity contribution in [3.8, 4) is 5.75 Å². The summed E-state index contributed by atoms with van der Waals surface area (Å²) in [6, 6.07) is 3.33. The molecule has 1 fully saturated rings. The zero-order valence-corrected chi connectivity index (χ0v) is 12.8. The van der Waals surface area contributed by atoms with Crippen molar-refractivity contribution in [3.05, 3.63) is 22.7 Å². The molecule has 0 spiro atoms. The largest absolute Gasteiger partial charge is 0.495 e. The van der Waals surface area contributed by atoms with Crippen molar-refractivity contribution in [1.82, 2.24) is 0 Å². The van der Waals surface area contributed by atoms with E-state index in [-0.39, 0.29) is 17.4 Å². The van der Waals surface area contributed by atoms with Crippen LogP contribution in [-0.2, 0) is 14.6 Å². The Morgan fingerprint density at radius 1 is 1.45 bits per heavy atom. The summed E-state index contributed by atoms with van der Waals surface area (Å²) in [5, 5.41) is 3.27. The molecule has 1 aliphatic rings. The predicted molar refractivity (Wildman–Crippen MR) is 78.1 cm³/mol. The first-order valence-electron chi connectivity index (χ1n) is 6.18. The SMILES string of the molecule is COc1cc(Cl)c(C)cc1NC(=O)[C@@H]1CCS(=O)(=O)C1. The van der Waals surface area contributed by atoms with Gasteiger partial charge in [0.15, 0.2) is 9.84 Å². The number of sulfone groups is 1. The zero-order valence-electron chi connectivity index (χ0n) is 11.3. The molecular formula is C13H16ClNO4S. The van der Waals surface area contributed by atoms with E-state index in [1.807, 2.05) is 6.92 Å². The number of anilines is 1. The quantitative estimate of drug-likeness (QED) is 0.926. The van der Waals surface area contributed by atoms with E-state index in [0.29, 0.717) is 22.9 Å².